The Labute approximate surface area is 120 Å². The van der Waals surface area contributed by atoms with E-state index in [9.17, 15) is 5.11 Å². The van der Waals surface area contributed by atoms with Gasteiger partial charge in [0, 0.05) is 12.5 Å². The van der Waals surface area contributed by atoms with Gasteiger partial charge in [-0.25, -0.2) is 0 Å². The van der Waals surface area contributed by atoms with E-state index in [1.807, 2.05) is 64.9 Å². The number of hydrogen-bond donors (Lipinski definition) is 1. The first kappa shape index (κ1) is 20.5. The standard InChI is InChI=1S/C13H21NO.2C2H6/c1-4-12(13(15)10-14(2)3)11-8-6-5-7-9-11;2*1-2/h5-9,12-13,15H,4,10H2,1-3H3;2*1-2H3. The second-order valence-corrected chi connectivity index (χ2v) is 4.26. The lowest BCUT2D eigenvalue weighted by Gasteiger charge is -2.24. The van der Waals surface area contributed by atoms with Crippen molar-refractivity contribution in [3.8, 4) is 0 Å². The van der Waals surface area contributed by atoms with Crippen molar-refractivity contribution in [2.45, 2.75) is 53.1 Å². The molecule has 0 bridgehead atoms. The molecular weight excluding hydrogens is 234 g/mol. The second kappa shape index (κ2) is 13.6. The maximum atomic E-state index is 10.1. The Morgan fingerprint density at radius 3 is 1.84 bits per heavy atom. The molecule has 0 radical (unpaired) electrons. The van der Waals surface area contributed by atoms with Crippen LogP contribution in [0.25, 0.3) is 0 Å². The molecule has 1 aromatic rings. The summed E-state index contributed by atoms with van der Waals surface area (Å²) in [5.41, 5.74) is 1.23. The Balaban J connectivity index is 0. The molecule has 0 aliphatic carbocycles. The summed E-state index contributed by atoms with van der Waals surface area (Å²) in [5.74, 6) is 0.244. The number of likely N-dealkylation sites (N-methyl/N-ethyl adjacent to an activating group) is 1. The first-order chi connectivity index (χ1) is 9.15. The van der Waals surface area contributed by atoms with Crippen LogP contribution in [0.1, 0.15) is 52.5 Å². The van der Waals surface area contributed by atoms with Gasteiger partial charge in [0.15, 0.2) is 0 Å². The Morgan fingerprint density at radius 2 is 1.47 bits per heavy atom. The van der Waals surface area contributed by atoms with Gasteiger partial charge in [0.2, 0.25) is 0 Å². The van der Waals surface area contributed by atoms with Crippen LogP contribution in [0, 0.1) is 0 Å². The van der Waals surface area contributed by atoms with E-state index in [0.717, 1.165) is 6.42 Å². The topological polar surface area (TPSA) is 23.5 Å². The van der Waals surface area contributed by atoms with Crippen molar-refractivity contribution in [2.24, 2.45) is 0 Å². The van der Waals surface area contributed by atoms with Crippen LogP contribution in [-0.2, 0) is 0 Å². The van der Waals surface area contributed by atoms with E-state index < -0.39 is 0 Å². The summed E-state index contributed by atoms with van der Waals surface area (Å²) in [6.07, 6.45) is 0.686. The Morgan fingerprint density at radius 1 is 1.00 bits per heavy atom. The van der Waals surface area contributed by atoms with Crippen molar-refractivity contribution < 1.29 is 5.11 Å². The minimum Gasteiger partial charge on any atom is -0.391 e. The van der Waals surface area contributed by atoms with E-state index in [-0.39, 0.29) is 12.0 Å². The van der Waals surface area contributed by atoms with Crippen LogP contribution in [0.3, 0.4) is 0 Å². The van der Waals surface area contributed by atoms with E-state index in [0.29, 0.717) is 6.54 Å². The highest BCUT2D eigenvalue weighted by atomic mass is 16.3. The van der Waals surface area contributed by atoms with Gasteiger partial charge in [-0.3, -0.25) is 0 Å². The van der Waals surface area contributed by atoms with Gasteiger partial charge in [-0.15, -0.1) is 0 Å². The van der Waals surface area contributed by atoms with Crippen molar-refractivity contribution >= 4 is 0 Å². The molecule has 112 valence electrons. The molecule has 0 aliphatic heterocycles. The lowest BCUT2D eigenvalue weighted by molar-refractivity contribution is 0.108. The molecule has 0 heterocycles. The highest BCUT2D eigenvalue weighted by molar-refractivity contribution is 5.20. The quantitative estimate of drug-likeness (QED) is 0.866. The minimum atomic E-state index is -0.285. The van der Waals surface area contributed by atoms with Crippen LogP contribution >= 0.6 is 0 Å². The van der Waals surface area contributed by atoms with E-state index >= 15 is 0 Å². The molecule has 1 rings (SSSR count). The van der Waals surface area contributed by atoms with Crippen LogP contribution < -0.4 is 0 Å². The van der Waals surface area contributed by atoms with Crippen molar-refractivity contribution in [1.29, 1.82) is 0 Å². The zero-order valence-corrected chi connectivity index (χ0v) is 13.9. The zero-order chi connectivity index (χ0) is 15.3. The van der Waals surface area contributed by atoms with E-state index in [4.69, 9.17) is 0 Å². The Bertz CT molecular complexity index is 272. The van der Waals surface area contributed by atoms with Gasteiger partial charge in [-0.1, -0.05) is 65.0 Å². The van der Waals surface area contributed by atoms with Crippen molar-refractivity contribution in [1.82, 2.24) is 4.90 Å². The van der Waals surface area contributed by atoms with E-state index in [1.165, 1.54) is 5.56 Å². The number of benzene rings is 1. The maximum Gasteiger partial charge on any atom is 0.0735 e. The summed E-state index contributed by atoms with van der Waals surface area (Å²) in [6, 6.07) is 10.2. The number of hydrogen-bond acceptors (Lipinski definition) is 2. The van der Waals surface area contributed by atoms with Crippen molar-refractivity contribution in [2.75, 3.05) is 20.6 Å². The first-order valence-corrected chi connectivity index (χ1v) is 7.53. The summed E-state index contributed by atoms with van der Waals surface area (Å²) < 4.78 is 0. The van der Waals surface area contributed by atoms with Crippen LogP contribution in [0.15, 0.2) is 30.3 Å². The highest BCUT2D eigenvalue weighted by Crippen LogP contribution is 2.23. The summed E-state index contributed by atoms with van der Waals surface area (Å²) >= 11 is 0. The largest absolute Gasteiger partial charge is 0.391 e. The molecule has 19 heavy (non-hydrogen) atoms. The molecule has 0 saturated carbocycles. The Kier molecular flexibility index (Phi) is 14.6. The van der Waals surface area contributed by atoms with Gasteiger partial charge in [-0.2, -0.15) is 0 Å². The van der Waals surface area contributed by atoms with Gasteiger partial charge in [-0.05, 0) is 26.1 Å². The molecule has 0 aromatic heterocycles. The second-order valence-electron chi connectivity index (χ2n) is 4.26. The normalized spacial score (nSPS) is 12.7. The molecule has 1 aromatic carbocycles. The maximum absolute atomic E-state index is 10.1. The number of rotatable bonds is 5. The molecule has 0 saturated heterocycles. The molecule has 1 N–H and O–H groups in total. The summed E-state index contributed by atoms with van der Waals surface area (Å²) in [6.45, 7) is 10.8. The lowest BCUT2D eigenvalue weighted by Crippen LogP contribution is -2.30. The van der Waals surface area contributed by atoms with E-state index in [1.54, 1.807) is 0 Å². The predicted octanol–water partition coefficient (Wildman–Crippen LogP) is 4.16. The fraction of sp³-hybridized carbons (Fsp3) is 0.647. The van der Waals surface area contributed by atoms with Crippen LogP contribution in [0.5, 0.6) is 0 Å². The van der Waals surface area contributed by atoms with Crippen LogP contribution in [0.2, 0.25) is 0 Å². The van der Waals surface area contributed by atoms with Crippen LogP contribution in [-0.4, -0.2) is 36.8 Å². The molecule has 2 nitrogen and oxygen atoms in total. The molecule has 2 heteroatoms. The van der Waals surface area contributed by atoms with Gasteiger partial charge in [0.25, 0.3) is 0 Å². The number of aliphatic hydroxyl groups excluding tert-OH is 1. The van der Waals surface area contributed by atoms with Crippen molar-refractivity contribution in [3.63, 3.8) is 0 Å². The lowest BCUT2D eigenvalue weighted by atomic mass is 9.91. The average molecular weight is 267 g/mol. The number of aliphatic hydroxyl groups is 1. The summed E-state index contributed by atoms with van der Waals surface area (Å²) in [4.78, 5) is 2.02. The third-order valence-electron chi connectivity index (χ3n) is 2.68. The Hall–Kier alpha value is -0.860. The van der Waals surface area contributed by atoms with Gasteiger partial charge < -0.3 is 10.0 Å². The monoisotopic (exact) mass is 267 g/mol. The minimum absolute atomic E-state index is 0.244. The molecule has 0 spiro atoms. The van der Waals surface area contributed by atoms with Gasteiger partial charge in [0.05, 0.1) is 6.10 Å². The number of nitrogens with zero attached hydrogens (tertiary/aromatic N) is 1. The zero-order valence-electron chi connectivity index (χ0n) is 13.9. The van der Waals surface area contributed by atoms with Crippen LogP contribution in [0.4, 0.5) is 0 Å². The fourth-order valence-electron chi connectivity index (χ4n) is 1.93. The van der Waals surface area contributed by atoms with Gasteiger partial charge in [0.1, 0.15) is 0 Å². The molecule has 0 aliphatic rings. The van der Waals surface area contributed by atoms with Crippen molar-refractivity contribution in [3.05, 3.63) is 35.9 Å². The summed E-state index contributed by atoms with van der Waals surface area (Å²) in [7, 11) is 3.97. The third-order valence-corrected chi connectivity index (χ3v) is 2.68. The average Bonchev–Trinajstić information content (AvgIpc) is 2.44. The smallest absolute Gasteiger partial charge is 0.0735 e. The third kappa shape index (κ3) is 8.79. The first-order valence-electron chi connectivity index (χ1n) is 7.53. The molecule has 2 unspecified atom stereocenters. The van der Waals surface area contributed by atoms with E-state index in [2.05, 4.69) is 19.1 Å². The molecule has 0 amide bonds. The highest BCUT2D eigenvalue weighted by Gasteiger charge is 2.19. The summed E-state index contributed by atoms with van der Waals surface area (Å²) in [5, 5.41) is 10.1. The SMILES string of the molecule is CC.CC.CCC(c1ccccc1)C(O)CN(C)C. The van der Waals surface area contributed by atoms with Gasteiger partial charge >= 0.3 is 0 Å². The fourth-order valence-corrected chi connectivity index (χ4v) is 1.93. The predicted molar refractivity (Wildman–Crippen MR) is 86.7 cm³/mol. The molecule has 2 atom stereocenters. The molecular formula is C17H33NO. The molecule has 0 fully saturated rings.